The molecule has 1 atom stereocenters. The Balaban J connectivity index is 1.59. The van der Waals surface area contributed by atoms with Gasteiger partial charge in [0.15, 0.2) is 5.16 Å². The van der Waals surface area contributed by atoms with Crippen molar-refractivity contribution in [2.45, 2.75) is 30.2 Å². The van der Waals surface area contributed by atoms with E-state index in [9.17, 15) is 18.8 Å². The average Bonchev–Trinajstić information content (AvgIpc) is 2.74. The SMILES string of the molecule is Cc1ccc(F)cc1NC(=O)C1CC(=O)Nc2nc(SCc3cccc(Cl)c3)[nH]c(=O)c21. The third-order valence-electron chi connectivity index (χ3n) is 4.97. The van der Waals surface area contributed by atoms with Gasteiger partial charge in [0.2, 0.25) is 11.8 Å². The second kappa shape index (κ2) is 9.13. The number of hydrogen-bond acceptors (Lipinski definition) is 5. The van der Waals surface area contributed by atoms with Gasteiger partial charge in [0.05, 0.1) is 11.5 Å². The molecule has 0 radical (unpaired) electrons. The number of nitrogens with zero attached hydrogens (tertiary/aromatic N) is 1. The van der Waals surface area contributed by atoms with Crippen molar-refractivity contribution in [3.8, 4) is 0 Å². The Labute approximate surface area is 191 Å². The average molecular weight is 473 g/mol. The van der Waals surface area contributed by atoms with Gasteiger partial charge in [-0.1, -0.05) is 41.6 Å². The first-order valence-corrected chi connectivity index (χ1v) is 11.0. The van der Waals surface area contributed by atoms with Crippen LogP contribution in [0.5, 0.6) is 0 Å². The molecular weight excluding hydrogens is 455 g/mol. The van der Waals surface area contributed by atoms with E-state index in [4.69, 9.17) is 11.6 Å². The third kappa shape index (κ3) is 4.84. The predicted octanol–water partition coefficient (Wildman–Crippen LogP) is 4.23. The highest BCUT2D eigenvalue weighted by Crippen LogP contribution is 2.31. The van der Waals surface area contributed by atoms with Crippen molar-refractivity contribution in [3.63, 3.8) is 0 Å². The summed E-state index contributed by atoms with van der Waals surface area (Å²) in [6.07, 6.45) is -0.215. The van der Waals surface area contributed by atoms with Gasteiger partial charge in [-0.15, -0.1) is 0 Å². The molecule has 1 aliphatic heterocycles. The fraction of sp³-hybridized carbons (Fsp3) is 0.182. The number of anilines is 2. The molecule has 0 saturated carbocycles. The molecule has 1 unspecified atom stereocenters. The van der Waals surface area contributed by atoms with Crippen LogP contribution in [0, 0.1) is 12.7 Å². The molecule has 0 aliphatic carbocycles. The molecule has 2 heterocycles. The van der Waals surface area contributed by atoms with Crippen molar-refractivity contribution < 1.29 is 14.0 Å². The first kappa shape index (κ1) is 22.0. The predicted molar refractivity (Wildman–Crippen MR) is 122 cm³/mol. The lowest BCUT2D eigenvalue weighted by Crippen LogP contribution is -2.36. The fourth-order valence-corrected chi connectivity index (χ4v) is 4.39. The number of aryl methyl sites for hydroxylation is 1. The monoisotopic (exact) mass is 472 g/mol. The molecule has 7 nitrogen and oxygen atoms in total. The molecule has 2 amide bonds. The van der Waals surface area contributed by atoms with Crippen LogP contribution in [0.3, 0.4) is 0 Å². The van der Waals surface area contributed by atoms with E-state index < -0.39 is 29.1 Å². The van der Waals surface area contributed by atoms with E-state index in [1.165, 1.54) is 30.0 Å². The smallest absolute Gasteiger partial charge is 0.257 e. The van der Waals surface area contributed by atoms with Gasteiger partial charge in [-0.05, 0) is 42.3 Å². The van der Waals surface area contributed by atoms with E-state index in [2.05, 4.69) is 20.6 Å². The Bertz CT molecular complexity index is 1280. The summed E-state index contributed by atoms with van der Waals surface area (Å²) in [4.78, 5) is 45.0. The number of halogens is 2. The number of rotatable bonds is 5. The van der Waals surface area contributed by atoms with Gasteiger partial charge in [-0.3, -0.25) is 14.4 Å². The highest BCUT2D eigenvalue weighted by molar-refractivity contribution is 7.98. The number of carbonyl (C=O) groups excluding carboxylic acids is 2. The summed E-state index contributed by atoms with van der Waals surface area (Å²) >= 11 is 7.26. The minimum Gasteiger partial charge on any atom is -0.325 e. The lowest BCUT2D eigenvalue weighted by atomic mass is 9.92. The number of thioether (sulfide) groups is 1. The van der Waals surface area contributed by atoms with E-state index in [1.54, 1.807) is 13.0 Å². The van der Waals surface area contributed by atoms with Gasteiger partial charge < -0.3 is 15.6 Å². The topological polar surface area (TPSA) is 104 Å². The summed E-state index contributed by atoms with van der Waals surface area (Å²) in [5, 5.41) is 6.10. The molecule has 2 aromatic carbocycles. The highest BCUT2D eigenvalue weighted by atomic mass is 35.5. The van der Waals surface area contributed by atoms with Gasteiger partial charge in [0.1, 0.15) is 11.6 Å². The number of benzene rings is 2. The molecule has 10 heteroatoms. The third-order valence-corrected chi connectivity index (χ3v) is 6.15. The normalized spacial score (nSPS) is 15.1. The van der Waals surface area contributed by atoms with Gasteiger partial charge in [-0.2, -0.15) is 0 Å². The van der Waals surface area contributed by atoms with Crippen LogP contribution in [0.2, 0.25) is 5.02 Å². The van der Waals surface area contributed by atoms with Gasteiger partial charge in [0.25, 0.3) is 5.56 Å². The summed E-state index contributed by atoms with van der Waals surface area (Å²) in [7, 11) is 0. The minimum absolute atomic E-state index is 0.0507. The van der Waals surface area contributed by atoms with Crippen molar-refractivity contribution in [2.24, 2.45) is 0 Å². The molecule has 1 aromatic heterocycles. The maximum Gasteiger partial charge on any atom is 0.257 e. The van der Waals surface area contributed by atoms with Crippen LogP contribution in [0.4, 0.5) is 15.9 Å². The Morgan fingerprint density at radius 3 is 2.88 bits per heavy atom. The van der Waals surface area contributed by atoms with Crippen LogP contribution >= 0.6 is 23.4 Å². The van der Waals surface area contributed by atoms with Gasteiger partial charge in [-0.25, -0.2) is 9.37 Å². The second-order valence-electron chi connectivity index (χ2n) is 7.31. The minimum atomic E-state index is -1.05. The molecule has 164 valence electrons. The molecule has 0 spiro atoms. The number of amides is 2. The van der Waals surface area contributed by atoms with Crippen LogP contribution in [0.1, 0.15) is 29.0 Å². The summed E-state index contributed by atoms with van der Waals surface area (Å²) in [6.45, 7) is 1.72. The molecular formula is C22H18ClFN4O3S. The summed E-state index contributed by atoms with van der Waals surface area (Å²) < 4.78 is 13.6. The molecule has 1 aliphatic rings. The van der Waals surface area contributed by atoms with Crippen molar-refractivity contribution in [1.82, 2.24) is 9.97 Å². The first-order chi connectivity index (χ1) is 15.3. The molecule has 4 rings (SSSR count). The summed E-state index contributed by atoms with van der Waals surface area (Å²) in [5.74, 6) is -2.02. The number of fused-ring (bicyclic) bond motifs is 1. The first-order valence-electron chi connectivity index (χ1n) is 9.68. The molecule has 32 heavy (non-hydrogen) atoms. The Morgan fingerprint density at radius 1 is 1.28 bits per heavy atom. The van der Waals surface area contributed by atoms with E-state index in [1.807, 2.05) is 18.2 Å². The van der Waals surface area contributed by atoms with Crippen molar-refractivity contribution in [3.05, 3.63) is 80.3 Å². The molecule has 3 N–H and O–H groups in total. The lowest BCUT2D eigenvalue weighted by Gasteiger charge is -2.23. The van der Waals surface area contributed by atoms with E-state index in [0.717, 1.165) is 5.56 Å². The number of aromatic nitrogens is 2. The molecule has 0 bridgehead atoms. The van der Waals surface area contributed by atoms with E-state index in [0.29, 0.717) is 21.5 Å². The number of hydrogen-bond donors (Lipinski definition) is 3. The number of H-pyrrole nitrogens is 1. The zero-order valence-electron chi connectivity index (χ0n) is 16.9. The van der Waals surface area contributed by atoms with Crippen LogP contribution in [-0.4, -0.2) is 21.8 Å². The lowest BCUT2D eigenvalue weighted by molar-refractivity contribution is -0.123. The largest absolute Gasteiger partial charge is 0.325 e. The van der Waals surface area contributed by atoms with Crippen LogP contribution in [0.15, 0.2) is 52.4 Å². The number of aromatic amines is 1. The zero-order valence-corrected chi connectivity index (χ0v) is 18.4. The quantitative estimate of drug-likeness (QED) is 0.381. The fourth-order valence-electron chi connectivity index (χ4n) is 3.37. The van der Waals surface area contributed by atoms with Crippen molar-refractivity contribution in [1.29, 1.82) is 0 Å². The van der Waals surface area contributed by atoms with Crippen molar-refractivity contribution in [2.75, 3.05) is 10.6 Å². The summed E-state index contributed by atoms with van der Waals surface area (Å²) in [5.41, 5.74) is 1.43. The summed E-state index contributed by atoms with van der Waals surface area (Å²) in [6, 6.07) is 11.3. The van der Waals surface area contributed by atoms with Crippen LogP contribution in [-0.2, 0) is 15.3 Å². The van der Waals surface area contributed by atoms with Crippen LogP contribution < -0.4 is 16.2 Å². The van der Waals surface area contributed by atoms with E-state index >= 15 is 0 Å². The zero-order chi connectivity index (χ0) is 22.8. The number of carbonyl (C=O) groups is 2. The molecule has 3 aromatic rings. The maximum atomic E-state index is 13.6. The van der Waals surface area contributed by atoms with Crippen molar-refractivity contribution >= 4 is 46.7 Å². The Kier molecular flexibility index (Phi) is 6.29. The Morgan fingerprint density at radius 2 is 2.09 bits per heavy atom. The molecule has 0 saturated heterocycles. The standard InChI is InChI=1S/C22H18ClFN4O3S/c1-11-5-6-14(24)8-16(11)25-20(30)15-9-17(29)26-19-18(15)21(31)28-22(27-19)32-10-12-3-2-4-13(23)7-12/h2-8,15H,9-10H2,1H3,(H,25,30)(H2,26,27,28,29,31). The maximum absolute atomic E-state index is 13.6. The highest BCUT2D eigenvalue weighted by Gasteiger charge is 2.35. The van der Waals surface area contributed by atoms with E-state index in [-0.39, 0.29) is 23.5 Å². The van der Waals surface area contributed by atoms with Crippen LogP contribution in [0.25, 0.3) is 0 Å². The number of nitrogens with one attached hydrogen (secondary N) is 3. The van der Waals surface area contributed by atoms with Gasteiger partial charge >= 0.3 is 0 Å². The molecule has 0 fully saturated rings. The van der Waals surface area contributed by atoms with Gasteiger partial charge in [0, 0.05) is 22.9 Å². The second-order valence-corrected chi connectivity index (χ2v) is 8.71. The Hall–Kier alpha value is -3.17.